The highest BCUT2D eigenvalue weighted by molar-refractivity contribution is 7.18. The minimum absolute atomic E-state index is 0.0504. The number of carbonyl (C=O) groups is 5. The van der Waals surface area contributed by atoms with Crippen LogP contribution in [0.25, 0.3) is 10.2 Å². The maximum absolute atomic E-state index is 13.3. The summed E-state index contributed by atoms with van der Waals surface area (Å²) >= 11 is 1.49. The Labute approximate surface area is 329 Å². The van der Waals surface area contributed by atoms with Crippen LogP contribution in [0.5, 0.6) is 0 Å². The molecule has 0 bridgehead atoms. The van der Waals surface area contributed by atoms with Crippen molar-refractivity contribution in [1.29, 1.82) is 0 Å². The summed E-state index contributed by atoms with van der Waals surface area (Å²) < 4.78 is 46.4. The topological polar surface area (TPSA) is 180 Å². The average Bonchev–Trinajstić information content (AvgIpc) is 3.70. The molecule has 3 aliphatic rings. The molecule has 2 aliphatic heterocycles. The summed E-state index contributed by atoms with van der Waals surface area (Å²) in [4.78, 5) is 72.7. The number of thiazole rings is 1. The van der Waals surface area contributed by atoms with Crippen molar-refractivity contribution in [3.05, 3.63) is 81.6 Å². The molecular weight excluding hydrogens is 766 g/mol. The number of fused-ring (bicyclic) bond motifs is 2. The number of aliphatic hydroxyl groups is 1. The molecule has 1 saturated heterocycles. The van der Waals surface area contributed by atoms with E-state index in [0.717, 1.165) is 52.4 Å². The maximum Gasteiger partial charge on any atom is 0.433 e. The number of carbonyl (C=O) groups excluding carboxylic acids is 5. The van der Waals surface area contributed by atoms with E-state index in [2.05, 4.69) is 20.9 Å². The van der Waals surface area contributed by atoms with Crippen LogP contribution in [-0.4, -0.2) is 75.3 Å². The monoisotopic (exact) mass is 806 g/mol. The summed E-state index contributed by atoms with van der Waals surface area (Å²) in [5.41, 5.74) is -0.744. The Morgan fingerprint density at radius 3 is 2.46 bits per heavy atom. The molecule has 1 aliphatic carbocycles. The second-order valence-corrected chi connectivity index (χ2v) is 16.1. The van der Waals surface area contributed by atoms with E-state index < -0.39 is 58.7 Å². The highest BCUT2D eigenvalue weighted by Crippen LogP contribution is 2.41. The van der Waals surface area contributed by atoms with Crippen LogP contribution in [0.1, 0.15) is 112 Å². The molecule has 5 amide bonds. The summed E-state index contributed by atoms with van der Waals surface area (Å²) in [6.45, 7) is 4.68. The molecule has 2 aromatic heterocycles. The van der Waals surface area contributed by atoms with Crippen LogP contribution < -0.4 is 16.0 Å². The zero-order valence-electron chi connectivity index (χ0n) is 31.2. The number of imide groups is 2. The molecule has 300 valence electrons. The van der Waals surface area contributed by atoms with Crippen molar-refractivity contribution >= 4 is 62.5 Å². The Kier molecular flexibility index (Phi) is 11.2. The fraction of sp³-hybridized carbons (Fsp3) is 0.425. The van der Waals surface area contributed by atoms with Gasteiger partial charge < -0.3 is 20.5 Å². The minimum Gasteiger partial charge on any atom is -0.386 e. The van der Waals surface area contributed by atoms with E-state index in [0.29, 0.717) is 48.9 Å². The number of nitrogens with zero attached hydrogens (tertiary/aromatic N) is 3. The van der Waals surface area contributed by atoms with Crippen LogP contribution >= 0.6 is 11.3 Å². The van der Waals surface area contributed by atoms with Gasteiger partial charge in [0.15, 0.2) is 0 Å². The lowest BCUT2D eigenvalue weighted by molar-refractivity contribution is -0.141. The fourth-order valence-corrected chi connectivity index (χ4v) is 8.72. The van der Waals surface area contributed by atoms with Crippen molar-refractivity contribution in [2.24, 2.45) is 5.92 Å². The minimum atomic E-state index is -4.70. The lowest BCUT2D eigenvalue weighted by atomic mass is 9.83. The number of ether oxygens (including phenoxy) is 1. The van der Waals surface area contributed by atoms with Crippen molar-refractivity contribution in [2.45, 2.75) is 82.5 Å². The number of aromatic nitrogens is 2. The predicted molar refractivity (Wildman–Crippen MR) is 204 cm³/mol. The van der Waals surface area contributed by atoms with Crippen LogP contribution in [0.4, 0.5) is 24.5 Å². The molecule has 4 N–H and O–H groups in total. The van der Waals surface area contributed by atoms with Gasteiger partial charge in [-0.3, -0.25) is 34.2 Å². The molecule has 4 heterocycles. The molecule has 0 radical (unpaired) electrons. The molecule has 4 aromatic rings. The summed E-state index contributed by atoms with van der Waals surface area (Å²) in [6, 6.07) is 10.4. The highest BCUT2D eigenvalue weighted by Gasteiger charge is 2.45. The zero-order valence-corrected chi connectivity index (χ0v) is 32.0. The smallest absolute Gasteiger partial charge is 0.386 e. The molecular formula is C40H41F3N6O7S. The molecule has 1 atom stereocenters. The predicted octanol–water partition coefficient (Wildman–Crippen LogP) is 6.38. The number of amides is 5. The molecule has 2 aromatic carbocycles. The average molecular weight is 807 g/mol. The number of pyridine rings is 1. The third-order valence-corrected chi connectivity index (χ3v) is 11.7. The molecule has 0 spiro atoms. The van der Waals surface area contributed by atoms with E-state index in [1.165, 1.54) is 17.4 Å². The molecule has 2 fully saturated rings. The number of hydrogen-bond donors (Lipinski definition) is 4. The van der Waals surface area contributed by atoms with Crippen LogP contribution in [0.2, 0.25) is 0 Å². The van der Waals surface area contributed by atoms with Crippen LogP contribution in [0, 0.1) is 5.92 Å². The second kappa shape index (κ2) is 15.9. The van der Waals surface area contributed by atoms with Gasteiger partial charge in [0, 0.05) is 49.0 Å². The summed E-state index contributed by atoms with van der Waals surface area (Å²) in [7, 11) is 0. The Morgan fingerprint density at radius 1 is 0.982 bits per heavy atom. The first kappa shape index (κ1) is 40.0. The Balaban J connectivity index is 0.895. The summed E-state index contributed by atoms with van der Waals surface area (Å²) in [5, 5.41) is 20.0. The van der Waals surface area contributed by atoms with E-state index in [-0.39, 0.29) is 35.6 Å². The number of anilines is 2. The number of halogens is 3. The molecule has 1 unspecified atom stereocenters. The maximum atomic E-state index is 13.3. The van der Waals surface area contributed by atoms with Crippen LogP contribution in [-0.2, 0) is 26.1 Å². The van der Waals surface area contributed by atoms with E-state index in [9.17, 15) is 42.3 Å². The van der Waals surface area contributed by atoms with Gasteiger partial charge in [0.2, 0.25) is 11.8 Å². The van der Waals surface area contributed by atoms with E-state index in [4.69, 9.17) is 9.72 Å². The first-order valence-electron chi connectivity index (χ1n) is 18.8. The van der Waals surface area contributed by atoms with Crippen molar-refractivity contribution in [2.75, 3.05) is 30.4 Å². The van der Waals surface area contributed by atoms with Crippen molar-refractivity contribution in [3.63, 3.8) is 0 Å². The number of rotatable bonds is 12. The number of hydrogen-bond acceptors (Lipinski definition) is 11. The van der Waals surface area contributed by atoms with Gasteiger partial charge in [-0.25, -0.2) is 9.97 Å². The lowest BCUT2D eigenvalue weighted by Crippen LogP contribution is -2.54. The van der Waals surface area contributed by atoms with Gasteiger partial charge in [0.25, 0.3) is 17.7 Å². The fourth-order valence-electron chi connectivity index (χ4n) is 7.57. The van der Waals surface area contributed by atoms with Gasteiger partial charge in [0.1, 0.15) is 17.4 Å². The van der Waals surface area contributed by atoms with Crippen molar-refractivity contribution in [3.8, 4) is 0 Å². The van der Waals surface area contributed by atoms with E-state index in [1.54, 1.807) is 44.2 Å². The molecule has 1 saturated carbocycles. The first-order chi connectivity index (χ1) is 27.1. The molecule has 57 heavy (non-hydrogen) atoms. The van der Waals surface area contributed by atoms with Gasteiger partial charge in [-0.1, -0.05) is 12.1 Å². The normalized spacial score (nSPS) is 20.2. The van der Waals surface area contributed by atoms with E-state index >= 15 is 0 Å². The Morgan fingerprint density at radius 2 is 1.74 bits per heavy atom. The lowest BCUT2D eigenvalue weighted by Gasteiger charge is -2.27. The second-order valence-electron chi connectivity index (χ2n) is 15.1. The van der Waals surface area contributed by atoms with Gasteiger partial charge in [0.05, 0.1) is 32.0 Å². The third kappa shape index (κ3) is 8.55. The van der Waals surface area contributed by atoms with Gasteiger partial charge in [-0.05, 0) is 94.7 Å². The zero-order chi connectivity index (χ0) is 40.6. The Bertz CT molecular complexity index is 2250. The molecule has 7 rings (SSSR count). The first-order valence-corrected chi connectivity index (χ1v) is 19.6. The summed E-state index contributed by atoms with van der Waals surface area (Å²) in [6.07, 6.45) is -0.232. The number of benzene rings is 2. The standard InChI is InChI=1S/C40H41F3N6O7S/c1-39(2,55)24-18-28-30(19-27(24)46-34(51)26-8-4-9-31(45-26)40(41,42)43)57-36(47-28)22-12-10-21(11-13-22)20-56-17-5-16-44-25-7-3-6-23-33(25)38(54)49(37(23)53)29-14-15-32(50)48-35(29)52/h3-4,6-9,18-19,21-22,29,44,55H,5,10-17,20H2,1-2H3,(H,46,51)(H,48,50,52). The van der Waals surface area contributed by atoms with E-state index in [1.807, 2.05) is 0 Å². The molecule has 13 nitrogen and oxygen atoms in total. The highest BCUT2D eigenvalue weighted by atomic mass is 32.1. The number of piperidine rings is 1. The number of alkyl halides is 3. The number of nitrogens with one attached hydrogen (secondary N) is 3. The van der Waals surface area contributed by atoms with Gasteiger partial charge in [-0.2, -0.15) is 13.2 Å². The van der Waals surface area contributed by atoms with Crippen molar-refractivity contribution in [1.82, 2.24) is 20.2 Å². The quantitative estimate of drug-likeness (QED) is 0.0927. The summed E-state index contributed by atoms with van der Waals surface area (Å²) in [5.74, 6) is -2.44. The van der Waals surface area contributed by atoms with Gasteiger partial charge in [-0.15, -0.1) is 11.3 Å². The molecule has 17 heteroatoms. The Hall–Kier alpha value is -5.26. The SMILES string of the molecule is CC(C)(O)c1cc2nc(C3CCC(COCCCNc4cccc5c4C(=O)N(C4CCC(=O)NC4=O)C5=O)CC3)sc2cc1NC(=O)c1cccc(C(F)(F)F)n1. The third-order valence-electron chi connectivity index (χ3n) is 10.5. The van der Waals surface area contributed by atoms with Crippen LogP contribution in [0.15, 0.2) is 48.5 Å². The largest absolute Gasteiger partial charge is 0.433 e. The van der Waals surface area contributed by atoms with Crippen LogP contribution in [0.3, 0.4) is 0 Å². The van der Waals surface area contributed by atoms with Crippen molar-refractivity contribution < 1.29 is 47.0 Å². The van der Waals surface area contributed by atoms with Gasteiger partial charge >= 0.3 is 6.18 Å².